The predicted octanol–water partition coefficient (Wildman–Crippen LogP) is 7.87. The van der Waals surface area contributed by atoms with E-state index in [2.05, 4.69) is 79.0 Å². The summed E-state index contributed by atoms with van der Waals surface area (Å²) >= 11 is 0. The molecule has 0 spiro atoms. The molecule has 1 aromatic rings. The molecule has 0 N–H and O–H groups in total. The highest BCUT2D eigenvalue weighted by Crippen LogP contribution is 2.44. The van der Waals surface area contributed by atoms with Crippen LogP contribution in [0, 0.1) is 11.2 Å². The molecule has 0 fully saturated rings. The zero-order valence-electron chi connectivity index (χ0n) is 19.5. The first-order valence-corrected chi connectivity index (χ1v) is 9.95. The number of rotatable bonds is 6. The molecule has 1 rings (SSSR count). The molecule has 1 nitrogen and oxygen atoms in total. The molecule has 0 bridgehead atoms. The summed E-state index contributed by atoms with van der Waals surface area (Å²) in [6.45, 7) is 23.5. The van der Waals surface area contributed by atoms with Gasteiger partial charge in [-0.2, -0.15) is 0 Å². The van der Waals surface area contributed by atoms with Crippen LogP contribution in [-0.4, -0.2) is 11.9 Å². The maximum atomic E-state index is 14.2. The first-order chi connectivity index (χ1) is 12.7. The molecule has 0 saturated carbocycles. The third-order valence-corrected chi connectivity index (χ3v) is 6.19. The summed E-state index contributed by atoms with van der Waals surface area (Å²) in [4.78, 5) is 2.07. The van der Waals surface area contributed by atoms with Crippen molar-refractivity contribution in [3.05, 3.63) is 76.8 Å². The van der Waals surface area contributed by atoms with Crippen LogP contribution in [-0.2, 0) is 5.41 Å². The Kier molecular flexibility index (Phi) is 7.65. The Hall–Kier alpha value is -2.09. The minimum Gasteiger partial charge on any atom is -0.345 e. The van der Waals surface area contributed by atoms with Crippen molar-refractivity contribution in [1.29, 1.82) is 0 Å². The minimum atomic E-state index is -0.213. The summed E-state index contributed by atoms with van der Waals surface area (Å²) in [5.41, 5.74) is 6.24. The molecular weight excluding hydrogens is 345 g/mol. The minimum absolute atomic E-state index is 0.0234. The summed E-state index contributed by atoms with van der Waals surface area (Å²) in [6.07, 6.45) is 6.19. The van der Waals surface area contributed by atoms with Crippen LogP contribution in [0.15, 0.2) is 59.8 Å². The van der Waals surface area contributed by atoms with Crippen LogP contribution in [0.4, 0.5) is 4.39 Å². The number of halogens is 1. The third-order valence-electron chi connectivity index (χ3n) is 6.19. The van der Waals surface area contributed by atoms with Crippen molar-refractivity contribution >= 4 is 5.70 Å². The molecular formula is C26H38FN. The Morgan fingerprint density at radius 3 is 2.07 bits per heavy atom. The quantitative estimate of drug-likeness (QED) is 0.452. The molecule has 0 heterocycles. The average molecular weight is 384 g/mol. The molecule has 154 valence electrons. The Morgan fingerprint density at radius 2 is 1.61 bits per heavy atom. The normalized spacial score (nSPS) is 13.0. The Labute approximate surface area is 172 Å². The van der Waals surface area contributed by atoms with Gasteiger partial charge in [-0.25, -0.2) is 4.39 Å². The highest BCUT2D eigenvalue weighted by molar-refractivity contribution is 5.69. The fraction of sp³-hybridized carbons (Fsp3) is 0.462. The van der Waals surface area contributed by atoms with Crippen molar-refractivity contribution in [3.8, 4) is 0 Å². The van der Waals surface area contributed by atoms with E-state index < -0.39 is 0 Å². The van der Waals surface area contributed by atoms with E-state index in [1.54, 1.807) is 12.1 Å². The molecule has 0 radical (unpaired) electrons. The lowest BCUT2D eigenvalue weighted by atomic mass is 9.64. The molecule has 0 aliphatic carbocycles. The van der Waals surface area contributed by atoms with Crippen LogP contribution in [0.1, 0.15) is 73.4 Å². The summed E-state index contributed by atoms with van der Waals surface area (Å²) in [5, 5.41) is 0. The van der Waals surface area contributed by atoms with Crippen LogP contribution in [0.5, 0.6) is 0 Å². The van der Waals surface area contributed by atoms with Crippen molar-refractivity contribution in [2.75, 3.05) is 7.05 Å². The molecule has 2 heteroatoms. The highest BCUT2D eigenvalue weighted by Gasteiger charge is 2.37. The van der Waals surface area contributed by atoms with E-state index in [4.69, 9.17) is 0 Å². The molecule has 0 atom stereocenters. The van der Waals surface area contributed by atoms with Gasteiger partial charge in [0.25, 0.3) is 0 Å². The third kappa shape index (κ3) is 5.25. The SMILES string of the molecule is C=C(/C=C\C(C)=C(C)C)N(C)C(=CC)c1ccc(F)cc1C(C)(C)C(C)(C)C. The van der Waals surface area contributed by atoms with E-state index in [0.717, 1.165) is 22.5 Å². The number of allylic oxidation sites excluding steroid dienone is 5. The summed E-state index contributed by atoms with van der Waals surface area (Å²) < 4.78 is 14.2. The van der Waals surface area contributed by atoms with Crippen molar-refractivity contribution in [2.45, 2.75) is 67.7 Å². The lowest BCUT2D eigenvalue weighted by Gasteiger charge is -2.41. The number of likely N-dealkylation sites (N-methyl/N-ethyl adjacent to an activating group) is 1. The predicted molar refractivity (Wildman–Crippen MR) is 123 cm³/mol. The number of benzene rings is 1. The lowest BCUT2D eigenvalue weighted by molar-refractivity contribution is 0.224. The van der Waals surface area contributed by atoms with Crippen LogP contribution in [0.2, 0.25) is 0 Å². The molecule has 28 heavy (non-hydrogen) atoms. The Morgan fingerprint density at radius 1 is 1.04 bits per heavy atom. The Balaban J connectivity index is 3.46. The molecule has 0 aromatic heterocycles. The van der Waals surface area contributed by atoms with Crippen LogP contribution in [0.3, 0.4) is 0 Å². The van der Waals surface area contributed by atoms with Gasteiger partial charge in [0, 0.05) is 24.0 Å². The van der Waals surface area contributed by atoms with E-state index in [9.17, 15) is 4.39 Å². The highest BCUT2D eigenvalue weighted by atomic mass is 19.1. The van der Waals surface area contributed by atoms with Gasteiger partial charge in [-0.3, -0.25) is 0 Å². The van der Waals surface area contributed by atoms with Gasteiger partial charge in [0.1, 0.15) is 5.82 Å². The number of nitrogens with zero attached hydrogens (tertiary/aromatic N) is 1. The van der Waals surface area contributed by atoms with Crippen molar-refractivity contribution in [3.63, 3.8) is 0 Å². The first-order valence-electron chi connectivity index (χ1n) is 9.95. The molecule has 0 unspecified atom stereocenters. The average Bonchev–Trinajstić information content (AvgIpc) is 2.59. The molecule has 0 aliphatic rings. The standard InChI is InChI=1S/C26H38FN/c1-12-24(28(11)20(5)14-13-19(4)18(2)3)22-16-15-21(27)17-23(22)26(9,10)25(6,7)8/h12-17H,5H2,1-4,6-11H3/b14-13-,24-12?. The molecule has 0 saturated heterocycles. The van der Waals surface area contributed by atoms with E-state index in [-0.39, 0.29) is 16.6 Å². The van der Waals surface area contributed by atoms with E-state index in [0.29, 0.717) is 0 Å². The van der Waals surface area contributed by atoms with Crippen LogP contribution < -0.4 is 0 Å². The van der Waals surface area contributed by atoms with Crippen LogP contribution >= 0.6 is 0 Å². The fourth-order valence-electron chi connectivity index (χ4n) is 2.85. The van der Waals surface area contributed by atoms with Gasteiger partial charge in [-0.05, 0) is 68.4 Å². The van der Waals surface area contributed by atoms with Crippen molar-refractivity contribution < 1.29 is 4.39 Å². The second-order valence-corrected chi connectivity index (χ2v) is 9.31. The van der Waals surface area contributed by atoms with Gasteiger partial charge < -0.3 is 4.90 Å². The van der Waals surface area contributed by atoms with Crippen LogP contribution in [0.25, 0.3) is 5.70 Å². The number of hydrogen-bond donors (Lipinski definition) is 0. The fourth-order valence-corrected chi connectivity index (χ4v) is 2.85. The molecule has 0 aliphatic heterocycles. The van der Waals surface area contributed by atoms with E-state index in [1.165, 1.54) is 11.1 Å². The van der Waals surface area contributed by atoms with Gasteiger partial charge in [-0.1, -0.05) is 64.5 Å². The van der Waals surface area contributed by atoms with Gasteiger partial charge in [0.05, 0.1) is 0 Å². The first kappa shape index (κ1) is 23.9. The van der Waals surface area contributed by atoms with Crippen molar-refractivity contribution in [1.82, 2.24) is 4.90 Å². The van der Waals surface area contributed by atoms with E-state index in [1.807, 2.05) is 26.1 Å². The van der Waals surface area contributed by atoms with Crippen molar-refractivity contribution in [2.24, 2.45) is 5.41 Å². The van der Waals surface area contributed by atoms with Gasteiger partial charge in [-0.15, -0.1) is 0 Å². The maximum absolute atomic E-state index is 14.2. The van der Waals surface area contributed by atoms with Gasteiger partial charge in [0.15, 0.2) is 0 Å². The second kappa shape index (κ2) is 8.94. The monoisotopic (exact) mass is 383 g/mol. The Bertz CT molecular complexity index is 809. The zero-order valence-corrected chi connectivity index (χ0v) is 19.5. The lowest BCUT2D eigenvalue weighted by Crippen LogP contribution is -2.35. The smallest absolute Gasteiger partial charge is 0.123 e. The zero-order chi connectivity index (χ0) is 21.9. The second-order valence-electron chi connectivity index (χ2n) is 9.31. The van der Waals surface area contributed by atoms with Gasteiger partial charge >= 0.3 is 0 Å². The van der Waals surface area contributed by atoms with E-state index >= 15 is 0 Å². The summed E-state index contributed by atoms with van der Waals surface area (Å²) in [6, 6.07) is 5.12. The van der Waals surface area contributed by atoms with Gasteiger partial charge in [0.2, 0.25) is 0 Å². The number of hydrogen-bond acceptors (Lipinski definition) is 1. The topological polar surface area (TPSA) is 3.24 Å². The summed E-state index contributed by atoms with van der Waals surface area (Å²) in [7, 11) is 2.01. The molecule has 1 aromatic carbocycles. The maximum Gasteiger partial charge on any atom is 0.123 e. The molecule has 0 amide bonds. The largest absolute Gasteiger partial charge is 0.345 e. The summed E-state index contributed by atoms with van der Waals surface area (Å²) in [5.74, 6) is -0.202.